The van der Waals surface area contributed by atoms with Crippen LogP contribution in [0.4, 0.5) is 5.95 Å². The van der Waals surface area contributed by atoms with Gasteiger partial charge in [-0.1, -0.05) is 6.92 Å². The highest BCUT2D eigenvalue weighted by Crippen LogP contribution is 2.25. The quantitative estimate of drug-likeness (QED) is 0.803. The van der Waals surface area contributed by atoms with Crippen LogP contribution >= 0.6 is 0 Å². The molecule has 17 heavy (non-hydrogen) atoms. The largest absolute Gasteiger partial charge is 0.393 e. The lowest BCUT2D eigenvalue weighted by Gasteiger charge is -2.31. The number of anilines is 1. The fourth-order valence-corrected chi connectivity index (χ4v) is 2.07. The van der Waals surface area contributed by atoms with Crippen molar-refractivity contribution in [1.82, 2.24) is 9.97 Å². The maximum absolute atomic E-state index is 9.78. The second-order valence-corrected chi connectivity index (χ2v) is 4.61. The zero-order valence-corrected chi connectivity index (χ0v) is 9.80. The lowest BCUT2D eigenvalue weighted by atomic mass is 9.85. The first kappa shape index (κ1) is 11.8. The van der Waals surface area contributed by atoms with Crippen molar-refractivity contribution < 1.29 is 5.11 Å². The Morgan fingerprint density at radius 3 is 2.71 bits per heavy atom. The minimum absolute atomic E-state index is 0.217. The van der Waals surface area contributed by atoms with Gasteiger partial charge >= 0.3 is 0 Å². The third kappa shape index (κ3) is 2.92. The molecule has 1 heterocycles. The summed E-state index contributed by atoms with van der Waals surface area (Å²) < 4.78 is 0. The standard InChI is InChI=1S/C12H16N4O/c1-8-2-3-10(4-11(8)17)16-12-14-6-9(5-13)7-15-12/h6-8,10-11,17H,2-4H2,1H3,(H,14,15,16)/t8-,10-,11-/m1/s1. The smallest absolute Gasteiger partial charge is 0.222 e. The molecule has 0 aliphatic heterocycles. The Kier molecular flexibility index (Phi) is 3.55. The summed E-state index contributed by atoms with van der Waals surface area (Å²) in [6.45, 7) is 2.07. The molecule has 1 saturated carbocycles. The molecule has 0 unspecified atom stereocenters. The van der Waals surface area contributed by atoms with Gasteiger partial charge in [0.2, 0.25) is 5.95 Å². The number of nitrogens with one attached hydrogen (secondary N) is 1. The molecule has 0 saturated heterocycles. The predicted molar refractivity (Wildman–Crippen MR) is 63.2 cm³/mol. The van der Waals surface area contributed by atoms with Gasteiger partial charge in [0.25, 0.3) is 0 Å². The van der Waals surface area contributed by atoms with Gasteiger partial charge < -0.3 is 10.4 Å². The molecule has 2 N–H and O–H groups in total. The van der Waals surface area contributed by atoms with Crippen LogP contribution in [0.15, 0.2) is 12.4 Å². The molecule has 1 fully saturated rings. The number of hydrogen-bond donors (Lipinski definition) is 2. The highest BCUT2D eigenvalue weighted by molar-refractivity contribution is 5.31. The maximum atomic E-state index is 9.78. The van der Waals surface area contributed by atoms with Crippen molar-refractivity contribution in [2.75, 3.05) is 5.32 Å². The van der Waals surface area contributed by atoms with Crippen LogP contribution in [0.2, 0.25) is 0 Å². The number of rotatable bonds is 2. The van der Waals surface area contributed by atoms with Crippen LogP contribution < -0.4 is 5.32 Å². The molecule has 2 rings (SSSR count). The molecule has 1 aromatic rings. The summed E-state index contributed by atoms with van der Waals surface area (Å²) in [4.78, 5) is 8.12. The number of nitrogens with zero attached hydrogens (tertiary/aromatic N) is 3. The van der Waals surface area contributed by atoms with E-state index in [4.69, 9.17) is 5.26 Å². The summed E-state index contributed by atoms with van der Waals surface area (Å²) in [5.74, 6) is 0.894. The summed E-state index contributed by atoms with van der Waals surface area (Å²) in [6.07, 6.45) is 5.50. The lowest BCUT2D eigenvalue weighted by Crippen LogP contribution is -2.35. The molecular formula is C12H16N4O. The third-order valence-corrected chi connectivity index (χ3v) is 3.27. The molecule has 1 aliphatic rings. The van der Waals surface area contributed by atoms with Crippen LogP contribution in [-0.4, -0.2) is 27.2 Å². The van der Waals surface area contributed by atoms with Gasteiger partial charge in [0.1, 0.15) is 6.07 Å². The highest BCUT2D eigenvalue weighted by atomic mass is 16.3. The Hall–Kier alpha value is -1.67. The topological polar surface area (TPSA) is 81.8 Å². The fourth-order valence-electron chi connectivity index (χ4n) is 2.07. The van der Waals surface area contributed by atoms with Crippen LogP contribution in [0, 0.1) is 17.2 Å². The van der Waals surface area contributed by atoms with Gasteiger partial charge in [0, 0.05) is 6.04 Å². The van der Waals surface area contributed by atoms with Crippen molar-refractivity contribution >= 4 is 5.95 Å². The Balaban J connectivity index is 1.94. The van der Waals surface area contributed by atoms with Crippen LogP contribution in [0.1, 0.15) is 31.7 Å². The zero-order chi connectivity index (χ0) is 12.3. The second-order valence-electron chi connectivity index (χ2n) is 4.61. The van der Waals surface area contributed by atoms with Crippen LogP contribution in [0.5, 0.6) is 0 Å². The van der Waals surface area contributed by atoms with Gasteiger partial charge in [0.15, 0.2) is 0 Å². The summed E-state index contributed by atoms with van der Waals surface area (Å²) in [5.41, 5.74) is 0.452. The average molecular weight is 232 g/mol. The summed E-state index contributed by atoms with van der Waals surface area (Å²) >= 11 is 0. The normalized spacial score (nSPS) is 28.4. The van der Waals surface area contributed by atoms with Gasteiger partial charge in [-0.15, -0.1) is 0 Å². The Morgan fingerprint density at radius 2 is 2.12 bits per heavy atom. The molecule has 5 nitrogen and oxygen atoms in total. The summed E-state index contributed by atoms with van der Waals surface area (Å²) in [7, 11) is 0. The molecule has 5 heteroatoms. The molecule has 3 atom stereocenters. The molecule has 1 aromatic heterocycles. The van der Waals surface area contributed by atoms with Gasteiger partial charge in [-0.05, 0) is 25.2 Å². The number of aliphatic hydroxyl groups is 1. The van der Waals surface area contributed by atoms with Crippen molar-refractivity contribution in [3.8, 4) is 6.07 Å². The molecule has 0 radical (unpaired) electrons. The van der Waals surface area contributed by atoms with Gasteiger partial charge in [0.05, 0.1) is 24.1 Å². The van der Waals surface area contributed by atoms with E-state index >= 15 is 0 Å². The van der Waals surface area contributed by atoms with Crippen LogP contribution in [0.3, 0.4) is 0 Å². The maximum Gasteiger partial charge on any atom is 0.222 e. The molecular weight excluding hydrogens is 216 g/mol. The van der Waals surface area contributed by atoms with E-state index < -0.39 is 0 Å². The third-order valence-electron chi connectivity index (χ3n) is 3.27. The van der Waals surface area contributed by atoms with Crippen molar-refractivity contribution in [3.63, 3.8) is 0 Å². The Morgan fingerprint density at radius 1 is 1.41 bits per heavy atom. The number of hydrogen-bond acceptors (Lipinski definition) is 5. The van der Waals surface area contributed by atoms with Crippen molar-refractivity contribution in [2.24, 2.45) is 5.92 Å². The molecule has 0 spiro atoms. The SMILES string of the molecule is C[C@@H]1CC[C@@H](Nc2ncc(C#N)cn2)C[C@H]1O. The lowest BCUT2D eigenvalue weighted by molar-refractivity contribution is 0.0739. The predicted octanol–water partition coefficient (Wildman–Crippen LogP) is 1.31. The molecule has 0 aromatic carbocycles. The van der Waals surface area contributed by atoms with Crippen molar-refractivity contribution in [2.45, 2.75) is 38.3 Å². The van der Waals surface area contributed by atoms with E-state index in [1.807, 2.05) is 6.07 Å². The minimum Gasteiger partial charge on any atom is -0.393 e. The van der Waals surface area contributed by atoms with Gasteiger partial charge in [-0.25, -0.2) is 9.97 Å². The van der Waals surface area contributed by atoms with E-state index in [1.54, 1.807) is 0 Å². The first-order valence-electron chi connectivity index (χ1n) is 5.86. The second kappa shape index (κ2) is 5.11. The Bertz CT molecular complexity index is 412. The molecule has 90 valence electrons. The molecule has 0 bridgehead atoms. The molecule has 0 amide bonds. The van der Waals surface area contributed by atoms with Crippen LogP contribution in [0.25, 0.3) is 0 Å². The first-order valence-corrected chi connectivity index (χ1v) is 5.86. The van der Waals surface area contributed by atoms with E-state index in [-0.39, 0.29) is 12.1 Å². The highest BCUT2D eigenvalue weighted by Gasteiger charge is 2.26. The van der Waals surface area contributed by atoms with E-state index in [1.165, 1.54) is 12.4 Å². The zero-order valence-electron chi connectivity index (χ0n) is 9.80. The van der Waals surface area contributed by atoms with E-state index in [9.17, 15) is 5.11 Å². The summed E-state index contributed by atoms with van der Waals surface area (Å²) in [5, 5.41) is 21.6. The van der Waals surface area contributed by atoms with Crippen molar-refractivity contribution in [1.29, 1.82) is 5.26 Å². The van der Waals surface area contributed by atoms with Crippen LogP contribution in [-0.2, 0) is 0 Å². The first-order chi connectivity index (χ1) is 8.19. The van der Waals surface area contributed by atoms with Gasteiger partial charge in [-0.3, -0.25) is 0 Å². The van der Waals surface area contributed by atoms with Crippen molar-refractivity contribution in [3.05, 3.63) is 18.0 Å². The monoisotopic (exact) mass is 232 g/mol. The number of nitriles is 1. The van der Waals surface area contributed by atoms with E-state index in [0.29, 0.717) is 17.4 Å². The minimum atomic E-state index is -0.250. The van der Waals surface area contributed by atoms with E-state index in [2.05, 4.69) is 22.2 Å². The number of aromatic nitrogens is 2. The number of aliphatic hydroxyl groups excluding tert-OH is 1. The van der Waals surface area contributed by atoms with E-state index in [0.717, 1.165) is 19.3 Å². The average Bonchev–Trinajstić information content (AvgIpc) is 2.35. The van der Waals surface area contributed by atoms with Gasteiger partial charge in [-0.2, -0.15) is 5.26 Å². The fraction of sp³-hybridized carbons (Fsp3) is 0.583. The molecule has 1 aliphatic carbocycles. The summed E-state index contributed by atoms with van der Waals surface area (Å²) in [6, 6.07) is 2.19. The Labute approximate surface area is 101 Å².